The fourth-order valence-corrected chi connectivity index (χ4v) is 1.77. The summed E-state index contributed by atoms with van der Waals surface area (Å²) in [5.41, 5.74) is 0.372. The van der Waals surface area contributed by atoms with Crippen molar-refractivity contribution in [1.29, 1.82) is 0 Å². The minimum atomic E-state index is -0.000821. The van der Waals surface area contributed by atoms with E-state index >= 15 is 0 Å². The number of benzene rings is 1. The normalized spacial score (nSPS) is 10.8. The molecule has 0 aliphatic rings. The molecule has 0 amide bonds. The molecule has 3 rings (SSSR count). The molecule has 2 heterocycles. The van der Waals surface area contributed by atoms with Crippen molar-refractivity contribution in [2.75, 3.05) is 0 Å². The van der Waals surface area contributed by atoms with Crippen LogP contribution in [0.5, 0.6) is 11.5 Å². The van der Waals surface area contributed by atoms with Crippen LogP contribution in [0.25, 0.3) is 23.0 Å². The largest absolute Gasteiger partial charge is 0.508 e. The van der Waals surface area contributed by atoms with Crippen LogP contribution in [0.4, 0.5) is 0 Å². The van der Waals surface area contributed by atoms with Crippen LogP contribution < -0.4 is 0 Å². The van der Waals surface area contributed by atoms with Crippen molar-refractivity contribution >= 4 is 12.6 Å². The Balaban J connectivity index is 2.03. The van der Waals surface area contributed by atoms with E-state index in [2.05, 4.69) is 22.8 Å². The molecule has 0 saturated carbocycles. The highest BCUT2D eigenvalue weighted by Crippen LogP contribution is 2.35. The molecule has 0 radical (unpaired) electrons. The van der Waals surface area contributed by atoms with Crippen LogP contribution in [0, 0.1) is 0 Å². The summed E-state index contributed by atoms with van der Waals surface area (Å²) in [6, 6.07) is 7.42. The van der Waals surface area contributed by atoms with E-state index in [0.29, 0.717) is 17.1 Å². The minimum Gasteiger partial charge on any atom is -0.508 e. The standard InChI is InChI=1S/C12H8N2O4S/c15-6-1-2-8(16)7(5-6)9-3-4-10(17-9)11-13-14-12(19)18-11/h1-5,15-16H,(H,14,19). The van der Waals surface area contributed by atoms with E-state index in [9.17, 15) is 10.2 Å². The molecule has 0 unspecified atom stereocenters. The molecule has 0 atom stereocenters. The van der Waals surface area contributed by atoms with Crippen LogP contribution in [0.3, 0.4) is 0 Å². The van der Waals surface area contributed by atoms with Crippen molar-refractivity contribution in [3.05, 3.63) is 30.3 Å². The van der Waals surface area contributed by atoms with Gasteiger partial charge in [0.15, 0.2) is 5.76 Å². The predicted molar refractivity (Wildman–Crippen MR) is 68.0 cm³/mol. The van der Waals surface area contributed by atoms with Crippen LogP contribution in [-0.2, 0) is 0 Å². The maximum Gasteiger partial charge on any atom is 0.284 e. The Hall–Kier alpha value is -2.41. The number of hydrogen-bond donors (Lipinski definition) is 3. The minimum absolute atomic E-state index is 0.000821. The van der Waals surface area contributed by atoms with Gasteiger partial charge < -0.3 is 19.0 Å². The number of aromatic nitrogens is 2. The first-order valence-electron chi connectivity index (χ1n) is 5.28. The molecule has 2 aromatic heterocycles. The molecule has 6 nitrogen and oxygen atoms in total. The van der Waals surface area contributed by atoms with E-state index < -0.39 is 0 Å². The summed E-state index contributed by atoms with van der Waals surface area (Å²) in [5.74, 6) is 0.948. The molecule has 1 aromatic carbocycles. The maximum atomic E-state index is 9.74. The first-order chi connectivity index (χ1) is 9.13. The lowest BCUT2D eigenvalue weighted by Gasteiger charge is -2.01. The van der Waals surface area contributed by atoms with E-state index in [-0.39, 0.29) is 22.6 Å². The van der Waals surface area contributed by atoms with Gasteiger partial charge >= 0.3 is 0 Å². The number of furan rings is 1. The topological polar surface area (TPSA) is 92.5 Å². The van der Waals surface area contributed by atoms with E-state index in [1.807, 2.05) is 0 Å². The van der Waals surface area contributed by atoms with Crippen molar-refractivity contribution in [3.63, 3.8) is 0 Å². The highest BCUT2D eigenvalue weighted by molar-refractivity contribution is 7.80. The Kier molecular flexibility index (Phi) is 2.68. The number of hydrogen-bond acceptors (Lipinski definition) is 7. The zero-order valence-electron chi connectivity index (χ0n) is 9.44. The molecule has 0 fully saturated rings. The number of nitrogens with zero attached hydrogens (tertiary/aromatic N) is 2. The summed E-state index contributed by atoms with van der Waals surface area (Å²) in [6.07, 6.45) is 0. The quantitative estimate of drug-likeness (QED) is 0.492. The lowest BCUT2D eigenvalue weighted by molar-refractivity contribution is 0.447. The maximum absolute atomic E-state index is 9.74. The van der Waals surface area contributed by atoms with Gasteiger partial charge in [-0.1, -0.05) is 12.6 Å². The second-order valence-electron chi connectivity index (χ2n) is 3.76. The molecule has 0 saturated heterocycles. The molecule has 2 N–H and O–H groups in total. The average molecular weight is 276 g/mol. The number of rotatable bonds is 2. The van der Waals surface area contributed by atoms with Crippen LogP contribution in [0.2, 0.25) is 0 Å². The van der Waals surface area contributed by atoms with Crippen LogP contribution >= 0.6 is 12.6 Å². The molecule has 0 bridgehead atoms. The zero-order valence-corrected chi connectivity index (χ0v) is 10.3. The SMILES string of the molecule is Oc1ccc(O)c(-c2ccc(-c3nnc(S)o3)o2)c1. The Labute approximate surface area is 112 Å². The summed E-state index contributed by atoms with van der Waals surface area (Å²) < 4.78 is 10.6. The molecule has 96 valence electrons. The van der Waals surface area contributed by atoms with Gasteiger partial charge in [0, 0.05) is 0 Å². The third-order valence-corrected chi connectivity index (χ3v) is 2.66. The van der Waals surface area contributed by atoms with Gasteiger partial charge in [-0.2, -0.15) is 0 Å². The predicted octanol–water partition coefficient (Wildman–Crippen LogP) is 2.70. The molecule has 7 heteroatoms. The van der Waals surface area contributed by atoms with Crippen molar-refractivity contribution < 1.29 is 19.0 Å². The smallest absolute Gasteiger partial charge is 0.284 e. The average Bonchev–Trinajstić information content (AvgIpc) is 3.00. The van der Waals surface area contributed by atoms with Crippen LogP contribution in [0.1, 0.15) is 0 Å². The molecular weight excluding hydrogens is 268 g/mol. The van der Waals surface area contributed by atoms with Gasteiger partial charge in [0.1, 0.15) is 17.3 Å². The third kappa shape index (κ3) is 2.15. The van der Waals surface area contributed by atoms with Crippen LogP contribution in [-0.4, -0.2) is 20.4 Å². The monoisotopic (exact) mass is 276 g/mol. The lowest BCUT2D eigenvalue weighted by Crippen LogP contribution is -1.76. The van der Waals surface area contributed by atoms with Crippen molar-refractivity contribution in [2.45, 2.75) is 5.22 Å². The van der Waals surface area contributed by atoms with Crippen LogP contribution in [0.15, 0.2) is 44.4 Å². The van der Waals surface area contributed by atoms with Gasteiger partial charge in [0.2, 0.25) is 0 Å². The Bertz CT molecular complexity index is 735. The Morgan fingerprint density at radius 2 is 1.74 bits per heavy atom. The lowest BCUT2D eigenvalue weighted by atomic mass is 10.1. The second kappa shape index (κ2) is 4.36. The van der Waals surface area contributed by atoms with Crippen molar-refractivity contribution in [2.24, 2.45) is 0 Å². The number of aromatic hydroxyl groups is 2. The molecule has 0 aliphatic carbocycles. The fourth-order valence-electron chi connectivity index (χ4n) is 1.63. The van der Waals surface area contributed by atoms with Gasteiger partial charge in [0.25, 0.3) is 11.1 Å². The van der Waals surface area contributed by atoms with Crippen molar-refractivity contribution in [1.82, 2.24) is 10.2 Å². The zero-order chi connectivity index (χ0) is 13.4. The van der Waals surface area contributed by atoms with Gasteiger partial charge in [-0.25, -0.2) is 0 Å². The Morgan fingerprint density at radius 3 is 2.47 bits per heavy atom. The summed E-state index contributed by atoms with van der Waals surface area (Å²) in [4.78, 5) is 0. The van der Waals surface area contributed by atoms with Gasteiger partial charge in [-0.05, 0) is 30.3 Å². The first-order valence-corrected chi connectivity index (χ1v) is 5.73. The molecule has 0 spiro atoms. The van der Waals surface area contributed by atoms with Gasteiger partial charge in [-0.3, -0.25) is 0 Å². The molecule has 19 heavy (non-hydrogen) atoms. The number of phenolic OH excluding ortho intramolecular Hbond substituents is 2. The molecule has 3 aromatic rings. The van der Waals surface area contributed by atoms with Gasteiger partial charge in [0.05, 0.1) is 5.56 Å². The Morgan fingerprint density at radius 1 is 0.947 bits per heavy atom. The third-order valence-electron chi connectivity index (χ3n) is 2.48. The summed E-state index contributed by atoms with van der Waals surface area (Å²) >= 11 is 3.91. The van der Waals surface area contributed by atoms with Crippen molar-refractivity contribution in [3.8, 4) is 34.5 Å². The van der Waals surface area contributed by atoms with E-state index in [1.54, 1.807) is 12.1 Å². The van der Waals surface area contributed by atoms with E-state index in [1.165, 1.54) is 18.2 Å². The molecular formula is C12H8N2O4S. The van der Waals surface area contributed by atoms with Gasteiger partial charge in [-0.15, -0.1) is 10.2 Å². The summed E-state index contributed by atoms with van der Waals surface area (Å²) in [6.45, 7) is 0. The summed E-state index contributed by atoms with van der Waals surface area (Å²) in [7, 11) is 0. The fraction of sp³-hybridized carbons (Fsp3) is 0. The summed E-state index contributed by atoms with van der Waals surface area (Å²) in [5, 5.41) is 26.6. The highest BCUT2D eigenvalue weighted by atomic mass is 32.1. The highest BCUT2D eigenvalue weighted by Gasteiger charge is 2.14. The number of phenols is 2. The first kappa shape index (κ1) is 11.7. The molecule has 0 aliphatic heterocycles. The second-order valence-corrected chi connectivity index (χ2v) is 4.14. The number of thiol groups is 1. The van der Waals surface area contributed by atoms with E-state index in [4.69, 9.17) is 8.83 Å². The van der Waals surface area contributed by atoms with E-state index in [0.717, 1.165) is 0 Å².